The van der Waals surface area contributed by atoms with Gasteiger partial charge in [-0.15, -0.1) is 0 Å². The van der Waals surface area contributed by atoms with Crippen LogP contribution >= 0.6 is 15.9 Å². The van der Waals surface area contributed by atoms with Crippen molar-refractivity contribution in [3.8, 4) is 11.5 Å². The molecule has 8 heteroatoms. The standard InChI is InChI=1S/C12H19BrN2O4S/c1-19-11-7-9(6-10(13)12(11)16)8-14-4-3-5-15-20(2,17)18/h6-7,14-16H,3-5,8H2,1-2H3. The Bertz CT molecular complexity index is 549. The van der Waals surface area contributed by atoms with Crippen molar-refractivity contribution in [3.63, 3.8) is 0 Å². The van der Waals surface area contributed by atoms with Crippen molar-refractivity contribution in [1.29, 1.82) is 0 Å². The lowest BCUT2D eigenvalue weighted by molar-refractivity contribution is 0.371. The van der Waals surface area contributed by atoms with Gasteiger partial charge in [0.2, 0.25) is 10.0 Å². The number of methoxy groups -OCH3 is 1. The van der Waals surface area contributed by atoms with Crippen molar-refractivity contribution >= 4 is 26.0 Å². The first-order valence-corrected chi connectivity index (χ1v) is 8.72. The van der Waals surface area contributed by atoms with Crippen LogP contribution in [0.5, 0.6) is 11.5 Å². The summed E-state index contributed by atoms with van der Waals surface area (Å²) in [6.07, 6.45) is 1.84. The number of hydrogen-bond donors (Lipinski definition) is 3. The molecule has 0 saturated carbocycles. The number of halogens is 1. The van der Waals surface area contributed by atoms with Gasteiger partial charge in [0.25, 0.3) is 0 Å². The van der Waals surface area contributed by atoms with Gasteiger partial charge in [0, 0.05) is 13.1 Å². The highest BCUT2D eigenvalue weighted by molar-refractivity contribution is 9.10. The second-order valence-electron chi connectivity index (χ2n) is 4.33. The third kappa shape index (κ3) is 6.08. The SMILES string of the molecule is COc1cc(CNCCCNS(C)(=O)=O)cc(Br)c1O. The number of phenols is 1. The predicted molar refractivity (Wildman–Crippen MR) is 81.5 cm³/mol. The first kappa shape index (κ1) is 17.2. The van der Waals surface area contributed by atoms with Gasteiger partial charge in [0.05, 0.1) is 17.8 Å². The molecule has 0 aliphatic heterocycles. The van der Waals surface area contributed by atoms with Crippen molar-refractivity contribution in [1.82, 2.24) is 10.0 Å². The molecule has 6 nitrogen and oxygen atoms in total. The second-order valence-corrected chi connectivity index (χ2v) is 7.01. The molecule has 0 fully saturated rings. The molecule has 0 bridgehead atoms. The fraction of sp³-hybridized carbons (Fsp3) is 0.500. The molecule has 0 atom stereocenters. The van der Waals surface area contributed by atoms with E-state index >= 15 is 0 Å². The van der Waals surface area contributed by atoms with E-state index < -0.39 is 10.0 Å². The Balaban J connectivity index is 2.37. The van der Waals surface area contributed by atoms with Gasteiger partial charge in [-0.1, -0.05) is 0 Å². The van der Waals surface area contributed by atoms with E-state index in [1.165, 1.54) is 7.11 Å². The summed E-state index contributed by atoms with van der Waals surface area (Å²) in [5, 5.41) is 12.9. The molecule has 114 valence electrons. The van der Waals surface area contributed by atoms with Crippen molar-refractivity contribution in [2.45, 2.75) is 13.0 Å². The quantitative estimate of drug-likeness (QED) is 0.601. The summed E-state index contributed by atoms with van der Waals surface area (Å²) in [6, 6.07) is 3.56. The minimum Gasteiger partial charge on any atom is -0.503 e. The van der Waals surface area contributed by atoms with Crippen LogP contribution in [0.15, 0.2) is 16.6 Å². The highest BCUT2D eigenvalue weighted by Crippen LogP contribution is 2.35. The van der Waals surface area contributed by atoms with E-state index in [0.29, 0.717) is 36.3 Å². The lowest BCUT2D eigenvalue weighted by Crippen LogP contribution is -2.26. The second kappa shape index (κ2) is 7.82. The Morgan fingerprint density at radius 3 is 2.65 bits per heavy atom. The summed E-state index contributed by atoms with van der Waals surface area (Å²) in [7, 11) is -1.62. The molecule has 0 radical (unpaired) electrons. The van der Waals surface area contributed by atoms with Crippen LogP contribution in [0.25, 0.3) is 0 Å². The van der Waals surface area contributed by atoms with Crippen LogP contribution in [0.2, 0.25) is 0 Å². The molecule has 1 aromatic rings. The fourth-order valence-electron chi connectivity index (χ4n) is 1.59. The first-order chi connectivity index (χ1) is 9.33. The minimum absolute atomic E-state index is 0.0774. The van der Waals surface area contributed by atoms with Crippen LogP contribution in [0.1, 0.15) is 12.0 Å². The summed E-state index contributed by atoms with van der Waals surface area (Å²) >= 11 is 3.26. The molecule has 0 aromatic heterocycles. The molecule has 0 unspecified atom stereocenters. The Morgan fingerprint density at radius 2 is 2.05 bits per heavy atom. The van der Waals surface area contributed by atoms with E-state index in [0.717, 1.165) is 11.8 Å². The van der Waals surface area contributed by atoms with Crippen LogP contribution in [-0.2, 0) is 16.6 Å². The van der Waals surface area contributed by atoms with Gasteiger partial charge in [-0.3, -0.25) is 0 Å². The Kier molecular flexibility index (Phi) is 6.74. The normalized spacial score (nSPS) is 11.6. The zero-order chi connectivity index (χ0) is 15.2. The molecule has 0 saturated heterocycles. The van der Waals surface area contributed by atoms with E-state index in [9.17, 15) is 13.5 Å². The van der Waals surface area contributed by atoms with Gasteiger partial charge in [-0.05, 0) is 46.6 Å². The molecule has 0 amide bonds. The van der Waals surface area contributed by atoms with Gasteiger partial charge in [-0.25, -0.2) is 13.1 Å². The minimum atomic E-state index is -3.11. The zero-order valence-corrected chi connectivity index (χ0v) is 13.8. The Morgan fingerprint density at radius 1 is 1.35 bits per heavy atom. The van der Waals surface area contributed by atoms with Gasteiger partial charge < -0.3 is 15.2 Å². The van der Waals surface area contributed by atoms with Crippen molar-refractivity contribution < 1.29 is 18.3 Å². The first-order valence-electron chi connectivity index (χ1n) is 6.04. The number of hydrogen-bond acceptors (Lipinski definition) is 5. The number of rotatable bonds is 8. The Hall–Kier alpha value is -0.830. The van der Waals surface area contributed by atoms with E-state index in [1.807, 2.05) is 0 Å². The zero-order valence-electron chi connectivity index (χ0n) is 11.4. The maximum absolute atomic E-state index is 10.9. The molecule has 20 heavy (non-hydrogen) atoms. The Labute approximate surface area is 127 Å². The van der Waals surface area contributed by atoms with Gasteiger partial charge in [-0.2, -0.15) is 0 Å². The molecule has 3 N–H and O–H groups in total. The van der Waals surface area contributed by atoms with E-state index in [4.69, 9.17) is 4.74 Å². The highest BCUT2D eigenvalue weighted by atomic mass is 79.9. The van der Waals surface area contributed by atoms with Crippen LogP contribution in [0.4, 0.5) is 0 Å². The monoisotopic (exact) mass is 366 g/mol. The van der Waals surface area contributed by atoms with Crippen molar-refractivity contribution in [2.75, 3.05) is 26.5 Å². The number of ether oxygens (including phenoxy) is 1. The predicted octanol–water partition coefficient (Wildman–Crippen LogP) is 1.19. The van der Waals surface area contributed by atoms with Crippen LogP contribution in [0.3, 0.4) is 0 Å². The number of aromatic hydroxyl groups is 1. The molecule has 0 spiro atoms. The van der Waals surface area contributed by atoms with Crippen LogP contribution in [-0.4, -0.2) is 40.0 Å². The summed E-state index contributed by atoms with van der Waals surface area (Å²) in [6.45, 7) is 1.70. The molecule has 1 rings (SSSR count). The van der Waals surface area contributed by atoms with Crippen molar-refractivity contribution in [3.05, 3.63) is 22.2 Å². The highest BCUT2D eigenvalue weighted by Gasteiger charge is 2.08. The summed E-state index contributed by atoms with van der Waals surface area (Å²) in [5.74, 6) is 0.489. The van der Waals surface area contributed by atoms with Crippen LogP contribution < -0.4 is 14.8 Å². The molecule has 1 aromatic carbocycles. The third-order valence-electron chi connectivity index (χ3n) is 2.53. The lowest BCUT2D eigenvalue weighted by atomic mass is 10.2. The van der Waals surface area contributed by atoms with E-state index in [1.54, 1.807) is 12.1 Å². The number of phenolic OH excluding ortho intramolecular Hbond substituents is 1. The number of benzene rings is 1. The fourth-order valence-corrected chi connectivity index (χ4v) is 2.59. The number of nitrogens with one attached hydrogen (secondary N) is 2. The lowest BCUT2D eigenvalue weighted by Gasteiger charge is -2.10. The maximum Gasteiger partial charge on any atom is 0.208 e. The summed E-state index contributed by atoms with van der Waals surface area (Å²) in [4.78, 5) is 0. The van der Waals surface area contributed by atoms with Crippen LogP contribution in [0, 0.1) is 0 Å². The molecular formula is C12H19BrN2O4S. The van der Waals surface area contributed by atoms with Gasteiger partial charge >= 0.3 is 0 Å². The largest absolute Gasteiger partial charge is 0.503 e. The molecule has 0 aliphatic rings. The van der Waals surface area contributed by atoms with E-state index in [2.05, 4.69) is 26.0 Å². The van der Waals surface area contributed by atoms with Gasteiger partial charge in [0.1, 0.15) is 0 Å². The maximum atomic E-state index is 10.9. The molecule has 0 aliphatic carbocycles. The van der Waals surface area contributed by atoms with E-state index in [-0.39, 0.29) is 5.75 Å². The molecule has 0 heterocycles. The topological polar surface area (TPSA) is 87.7 Å². The smallest absolute Gasteiger partial charge is 0.208 e. The number of sulfonamides is 1. The van der Waals surface area contributed by atoms with Gasteiger partial charge in [0.15, 0.2) is 11.5 Å². The molecular weight excluding hydrogens is 348 g/mol. The average Bonchev–Trinajstić information content (AvgIpc) is 2.36. The third-order valence-corrected chi connectivity index (χ3v) is 3.86. The van der Waals surface area contributed by atoms with Crippen molar-refractivity contribution in [2.24, 2.45) is 0 Å². The summed E-state index contributed by atoms with van der Waals surface area (Å²) < 4.78 is 29.8. The average molecular weight is 367 g/mol. The summed E-state index contributed by atoms with van der Waals surface area (Å²) in [5.41, 5.74) is 0.961.